The second-order valence-corrected chi connectivity index (χ2v) is 5.65. The molecule has 4 nitrogen and oxygen atoms in total. The summed E-state index contributed by atoms with van der Waals surface area (Å²) >= 11 is 1.57. The molecule has 0 saturated heterocycles. The van der Waals surface area contributed by atoms with E-state index in [4.69, 9.17) is 4.84 Å². The molecule has 0 aliphatic carbocycles. The first-order valence-corrected chi connectivity index (χ1v) is 7.39. The normalized spacial score (nSPS) is 17.2. The van der Waals surface area contributed by atoms with Crippen molar-refractivity contribution in [3.8, 4) is 0 Å². The second kappa shape index (κ2) is 6.05. The minimum atomic E-state index is -0.695. The van der Waals surface area contributed by atoms with E-state index >= 15 is 0 Å². The predicted octanol–water partition coefficient (Wildman–Crippen LogP) is 2.70. The minimum Gasteiger partial charge on any atom is -0.382 e. The van der Waals surface area contributed by atoms with Crippen LogP contribution in [0.2, 0.25) is 0 Å². The van der Waals surface area contributed by atoms with Gasteiger partial charge in [-0.05, 0) is 17.5 Å². The monoisotopic (exact) mass is 304 g/mol. The molecular formula is C15H13FN2O2S. The molecule has 0 spiro atoms. The zero-order valence-corrected chi connectivity index (χ0v) is 11.9. The summed E-state index contributed by atoms with van der Waals surface area (Å²) in [5, 5.41) is 8.58. The van der Waals surface area contributed by atoms with Crippen molar-refractivity contribution in [1.82, 2.24) is 5.32 Å². The first-order chi connectivity index (χ1) is 10.2. The largest absolute Gasteiger partial charge is 0.382 e. The summed E-state index contributed by atoms with van der Waals surface area (Å²) in [6.45, 7) is 0.464. The van der Waals surface area contributed by atoms with Crippen LogP contribution >= 0.6 is 11.3 Å². The van der Waals surface area contributed by atoms with Gasteiger partial charge in [0.2, 0.25) is 6.10 Å². The molecule has 2 heterocycles. The van der Waals surface area contributed by atoms with Gasteiger partial charge >= 0.3 is 0 Å². The molecule has 0 radical (unpaired) electrons. The number of hydrogen-bond acceptors (Lipinski definition) is 4. The van der Waals surface area contributed by atoms with E-state index in [0.717, 1.165) is 4.88 Å². The maximum atomic E-state index is 13.7. The highest BCUT2D eigenvalue weighted by molar-refractivity contribution is 7.09. The van der Waals surface area contributed by atoms with E-state index in [2.05, 4.69) is 10.5 Å². The SMILES string of the molecule is O=C(NCc1cccs1)C1CC(c2ccccc2F)=NO1. The smallest absolute Gasteiger partial charge is 0.264 e. The summed E-state index contributed by atoms with van der Waals surface area (Å²) in [7, 11) is 0. The lowest BCUT2D eigenvalue weighted by atomic mass is 10.0. The minimum absolute atomic E-state index is 0.238. The lowest BCUT2D eigenvalue weighted by Gasteiger charge is -2.08. The number of hydrogen-bond donors (Lipinski definition) is 1. The molecule has 0 bridgehead atoms. The molecule has 2 aromatic rings. The summed E-state index contributed by atoms with van der Waals surface area (Å²) in [6.07, 6.45) is -0.420. The van der Waals surface area contributed by atoms with Crippen molar-refractivity contribution in [3.05, 3.63) is 58.0 Å². The first kappa shape index (κ1) is 13.8. The second-order valence-electron chi connectivity index (χ2n) is 4.61. The number of halogens is 1. The molecule has 6 heteroatoms. The molecule has 0 saturated carbocycles. The molecule has 108 valence electrons. The van der Waals surface area contributed by atoms with Crippen LogP contribution in [0.25, 0.3) is 0 Å². The number of carbonyl (C=O) groups is 1. The molecule has 1 aromatic carbocycles. The highest BCUT2D eigenvalue weighted by Crippen LogP contribution is 2.19. The van der Waals surface area contributed by atoms with Crippen LogP contribution in [-0.4, -0.2) is 17.7 Å². The third-order valence-corrected chi connectivity index (χ3v) is 4.04. The van der Waals surface area contributed by atoms with Gasteiger partial charge in [0.15, 0.2) is 0 Å². The quantitative estimate of drug-likeness (QED) is 0.944. The predicted molar refractivity (Wildman–Crippen MR) is 78.6 cm³/mol. The fourth-order valence-corrected chi connectivity index (χ4v) is 2.72. The number of oxime groups is 1. The molecule has 3 rings (SSSR count). The molecule has 0 fully saturated rings. The van der Waals surface area contributed by atoms with Crippen LogP contribution in [-0.2, 0) is 16.2 Å². The fraction of sp³-hybridized carbons (Fsp3) is 0.200. The van der Waals surface area contributed by atoms with Crippen LogP contribution in [0.1, 0.15) is 16.9 Å². The van der Waals surface area contributed by atoms with Gasteiger partial charge in [0.05, 0.1) is 12.3 Å². The zero-order chi connectivity index (χ0) is 14.7. The van der Waals surface area contributed by atoms with Crippen LogP contribution < -0.4 is 5.32 Å². The van der Waals surface area contributed by atoms with Crippen LogP contribution in [0.3, 0.4) is 0 Å². The maximum Gasteiger partial charge on any atom is 0.264 e. The highest BCUT2D eigenvalue weighted by Gasteiger charge is 2.29. The lowest BCUT2D eigenvalue weighted by Crippen LogP contribution is -2.34. The maximum absolute atomic E-state index is 13.7. The number of carbonyl (C=O) groups excluding carboxylic acids is 1. The lowest BCUT2D eigenvalue weighted by molar-refractivity contribution is -0.131. The van der Waals surface area contributed by atoms with E-state index in [-0.39, 0.29) is 18.1 Å². The number of thiophene rings is 1. The average molecular weight is 304 g/mol. The van der Waals surface area contributed by atoms with E-state index in [0.29, 0.717) is 17.8 Å². The highest BCUT2D eigenvalue weighted by atomic mass is 32.1. The van der Waals surface area contributed by atoms with Gasteiger partial charge < -0.3 is 10.2 Å². The number of nitrogens with one attached hydrogen (secondary N) is 1. The van der Waals surface area contributed by atoms with Gasteiger partial charge in [0.1, 0.15) is 5.82 Å². The first-order valence-electron chi connectivity index (χ1n) is 6.52. The van der Waals surface area contributed by atoms with Crippen molar-refractivity contribution in [3.63, 3.8) is 0 Å². The van der Waals surface area contributed by atoms with E-state index < -0.39 is 6.10 Å². The van der Waals surface area contributed by atoms with E-state index in [1.54, 1.807) is 29.5 Å². The van der Waals surface area contributed by atoms with Gasteiger partial charge in [-0.1, -0.05) is 29.4 Å². The number of rotatable bonds is 4. The van der Waals surface area contributed by atoms with Gasteiger partial charge in [0.25, 0.3) is 5.91 Å². The van der Waals surface area contributed by atoms with Crippen molar-refractivity contribution in [2.45, 2.75) is 19.1 Å². The average Bonchev–Trinajstić information content (AvgIpc) is 3.17. The van der Waals surface area contributed by atoms with Crippen molar-refractivity contribution < 1.29 is 14.0 Å². The molecule has 1 aliphatic rings. The Balaban J connectivity index is 1.58. The molecular weight excluding hydrogens is 291 g/mol. The molecule has 1 atom stereocenters. The summed E-state index contributed by atoms with van der Waals surface area (Å²) < 4.78 is 13.7. The summed E-state index contributed by atoms with van der Waals surface area (Å²) in [5.74, 6) is -0.599. The Morgan fingerprint density at radius 1 is 1.38 bits per heavy atom. The third-order valence-electron chi connectivity index (χ3n) is 3.16. The molecule has 1 amide bonds. The van der Waals surface area contributed by atoms with Crippen molar-refractivity contribution in [2.24, 2.45) is 5.16 Å². The number of benzene rings is 1. The van der Waals surface area contributed by atoms with Crippen LogP contribution in [0.4, 0.5) is 4.39 Å². The van der Waals surface area contributed by atoms with E-state index in [1.807, 2.05) is 17.5 Å². The van der Waals surface area contributed by atoms with Crippen LogP contribution in [0.15, 0.2) is 46.9 Å². The summed E-state index contributed by atoms with van der Waals surface area (Å²) in [5.41, 5.74) is 0.843. The summed E-state index contributed by atoms with van der Waals surface area (Å²) in [4.78, 5) is 18.2. The standard InChI is InChI=1S/C15H13FN2O2S/c16-12-6-2-1-5-11(12)13-8-14(20-18-13)15(19)17-9-10-4-3-7-21-10/h1-7,14H,8-9H2,(H,17,19). The van der Waals surface area contributed by atoms with Gasteiger partial charge in [-0.2, -0.15) is 0 Å². The Labute approximate surface area is 125 Å². The van der Waals surface area contributed by atoms with Crippen LogP contribution in [0.5, 0.6) is 0 Å². The molecule has 1 aromatic heterocycles. The fourth-order valence-electron chi connectivity index (χ4n) is 2.07. The Morgan fingerprint density at radius 2 is 2.24 bits per heavy atom. The van der Waals surface area contributed by atoms with Gasteiger partial charge in [-0.15, -0.1) is 11.3 Å². The van der Waals surface area contributed by atoms with Crippen molar-refractivity contribution in [1.29, 1.82) is 0 Å². The van der Waals surface area contributed by atoms with Crippen LogP contribution in [0, 0.1) is 5.82 Å². The topological polar surface area (TPSA) is 50.7 Å². The van der Waals surface area contributed by atoms with E-state index in [9.17, 15) is 9.18 Å². The molecule has 1 N–H and O–H groups in total. The Kier molecular flexibility index (Phi) is 3.96. The zero-order valence-electron chi connectivity index (χ0n) is 11.1. The molecule has 1 unspecified atom stereocenters. The van der Waals surface area contributed by atoms with E-state index in [1.165, 1.54) is 6.07 Å². The number of nitrogens with zero attached hydrogens (tertiary/aromatic N) is 1. The Hall–Kier alpha value is -2.21. The van der Waals surface area contributed by atoms with Gasteiger partial charge in [0, 0.05) is 16.9 Å². The third kappa shape index (κ3) is 3.11. The van der Waals surface area contributed by atoms with Gasteiger partial charge in [-0.25, -0.2) is 4.39 Å². The van der Waals surface area contributed by atoms with Crippen molar-refractivity contribution in [2.75, 3.05) is 0 Å². The Morgan fingerprint density at radius 3 is 3.00 bits per heavy atom. The van der Waals surface area contributed by atoms with Gasteiger partial charge in [-0.3, -0.25) is 4.79 Å². The Bertz CT molecular complexity index is 670. The summed E-state index contributed by atoms with van der Waals surface area (Å²) in [6, 6.07) is 10.2. The molecule has 21 heavy (non-hydrogen) atoms. The van der Waals surface area contributed by atoms with Crippen molar-refractivity contribution >= 4 is 23.0 Å². The number of amides is 1. The molecule has 1 aliphatic heterocycles.